The summed E-state index contributed by atoms with van der Waals surface area (Å²) in [6, 6.07) is 13.7. The monoisotopic (exact) mass is 585 g/mol. The van der Waals surface area contributed by atoms with E-state index in [0.717, 1.165) is 34.8 Å². The van der Waals surface area contributed by atoms with Crippen molar-refractivity contribution in [2.45, 2.75) is 61.1 Å². The van der Waals surface area contributed by atoms with Crippen LogP contribution in [0.5, 0.6) is 0 Å². The Morgan fingerprint density at radius 1 is 1.07 bits per heavy atom. The number of fused-ring (bicyclic) bond motifs is 2. The molecule has 0 saturated heterocycles. The summed E-state index contributed by atoms with van der Waals surface area (Å²) in [5.41, 5.74) is 5.26. The van der Waals surface area contributed by atoms with Crippen molar-refractivity contribution in [3.05, 3.63) is 92.5 Å². The van der Waals surface area contributed by atoms with Gasteiger partial charge in [-0.15, -0.1) is 0 Å². The quantitative estimate of drug-likeness (QED) is 0.191. The third-order valence-corrected chi connectivity index (χ3v) is 8.56. The SMILES string of the molecule is CCN1C(=O)C(C)(C)C[N+](C)([O-])c2cc(CCN(CCn3ccc4oc(C)cc4c3=O)Cc3ccc(C)nc3C)ccc21. The lowest BCUT2D eigenvalue weighted by atomic mass is 9.91. The second-order valence-corrected chi connectivity index (χ2v) is 12.7. The number of hydrogen-bond acceptors (Lipinski definition) is 6. The van der Waals surface area contributed by atoms with Gasteiger partial charge in [-0.2, -0.15) is 0 Å². The van der Waals surface area contributed by atoms with Gasteiger partial charge in [-0.25, -0.2) is 0 Å². The average Bonchev–Trinajstić information content (AvgIpc) is 3.31. The third-order valence-electron chi connectivity index (χ3n) is 8.56. The number of rotatable bonds is 9. The number of aryl methyl sites for hydroxylation is 3. The van der Waals surface area contributed by atoms with Crippen LogP contribution in [0.4, 0.5) is 11.4 Å². The number of nitrogens with zero attached hydrogens (tertiary/aromatic N) is 5. The normalized spacial score (nSPS) is 18.3. The Hall–Kier alpha value is -3.79. The van der Waals surface area contributed by atoms with Gasteiger partial charge in [-0.05, 0) is 83.4 Å². The molecule has 1 aromatic carbocycles. The van der Waals surface area contributed by atoms with Gasteiger partial charge in [0, 0.05) is 56.4 Å². The number of aromatic nitrogens is 2. The largest absolute Gasteiger partial charge is 0.627 e. The molecule has 0 radical (unpaired) electrons. The van der Waals surface area contributed by atoms with E-state index in [9.17, 15) is 14.8 Å². The van der Waals surface area contributed by atoms with Gasteiger partial charge >= 0.3 is 0 Å². The predicted octanol–water partition coefficient (Wildman–Crippen LogP) is 5.49. The minimum absolute atomic E-state index is 0.0195. The van der Waals surface area contributed by atoms with Crippen molar-refractivity contribution in [3.63, 3.8) is 0 Å². The van der Waals surface area contributed by atoms with Crippen molar-refractivity contribution < 1.29 is 9.21 Å². The third kappa shape index (κ3) is 6.30. The number of pyridine rings is 2. The Balaban J connectivity index is 1.40. The van der Waals surface area contributed by atoms with E-state index in [1.165, 1.54) is 0 Å². The molecule has 9 heteroatoms. The molecule has 9 nitrogen and oxygen atoms in total. The summed E-state index contributed by atoms with van der Waals surface area (Å²) >= 11 is 0. The molecule has 4 aromatic rings. The van der Waals surface area contributed by atoms with E-state index < -0.39 is 10.1 Å². The molecule has 3 aromatic heterocycles. The van der Waals surface area contributed by atoms with Crippen LogP contribution in [-0.4, -0.2) is 53.6 Å². The fourth-order valence-electron chi connectivity index (χ4n) is 6.34. The Bertz CT molecular complexity index is 1720. The maximum absolute atomic E-state index is 13.9. The molecule has 0 bridgehead atoms. The van der Waals surface area contributed by atoms with Crippen LogP contribution in [0.2, 0.25) is 0 Å². The Labute approximate surface area is 253 Å². The van der Waals surface area contributed by atoms with Crippen molar-refractivity contribution >= 4 is 28.3 Å². The number of furan rings is 1. The van der Waals surface area contributed by atoms with Crippen molar-refractivity contribution in [2.75, 3.05) is 38.1 Å². The van der Waals surface area contributed by atoms with Gasteiger partial charge < -0.3 is 23.7 Å². The van der Waals surface area contributed by atoms with Gasteiger partial charge in [0.05, 0.1) is 24.4 Å². The molecule has 0 aliphatic carbocycles. The number of amides is 1. The standard InChI is InChI=1S/C34H43N5O4/c1-8-38-29-12-10-26(20-30(29)39(7,42)22-34(5,6)33(38)41)13-15-36(21-27-11-9-23(2)35-25(27)4)17-18-37-16-14-31-28(32(37)40)19-24(3)43-31/h9-12,14,16,19-20H,8,13,15,17-18,21-22H2,1-7H3. The molecule has 1 unspecified atom stereocenters. The Morgan fingerprint density at radius 2 is 1.84 bits per heavy atom. The smallest absolute Gasteiger partial charge is 0.261 e. The summed E-state index contributed by atoms with van der Waals surface area (Å²) in [4.78, 5) is 35.2. The first-order valence-corrected chi connectivity index (χ1v) is 15.1. The minimum atomic E-state index is -0.765. The molecule has 4 heterocycles. The highest BCUT2D eigenvalue weighted by atomic mass is 16.5. The van der Waals surface area contributed by atoms with E-state index in [1.54, 1.807) is 28.8 Å². The number of quaternary nitrogens is 1. The lowest BCUT2D eigenvalue weighted by Crippen LogP contribution is -2.49. The average molecular weight is 586 g/mol. The lowest BCUT2D eigenvalue weighted by molar-refractivity contribution is -0.126. The second-order valence-electron chi connectivity index (χ2n) is 12.7. The lowest BCUT2D eigenvalue weighted by Gasteiger charge is -2.41. The maximum Gasteiger partial charge on any atom is 0.261 e. The molecule has 5 rings (SSSR count). The van der Waals surface area contributed by atoms with Crippen LogP contribution in [-0.2, 0) is 24.3 Å². The van der Waals surface area contributed by atoms with Crippen LogP contribution in [0.1, 0.15) is 49.0 Å². The number of benzene rings is 1. The topological polar surface area (TPSA) is 94.6 Å². The van der Waals surface area contributed by atoms with Gasteiger partial charge in [0.25, 0.3) is 5.56 Å². The molecule has 1 aliphatic rings. The highest BCUT2D eigenvalue weighted by Crippen LogP contribution is 2.41. The van der Waals surface area contributed by atoms with E-state index in [4.69, 9.17) is 4.42 Å². The van der Waals surface area contributed by atoms with Crippen molar-refractivity contribution in [2.24, 2.45) is 5.41 Å². The van der Waals surface area contributed by atoms with Crippen molar-refractivity contribution in [1.29, 1.82) is 0 Å². The highest BCUT2D eigenvalue weighted by molar-refractivity contribution is 6.01. The summed E-state index contributed by atoms with van der Waals surface area (Å²) in [5.74, 6) is 0.700. The van der Waals surface area contributed by atoms with Gasteiger partial charge in [-0.3, -0.25) is 19.5 Å². The van der Waals surface area contributed by atoms with Gasteiger partial charge in [0.1, 0.15) is 17.0 Å². The van der Waals surface area contributed by atoms with Crippen LogP contribution >= 0.6 is 0 Å². The summed E-state index contributed by atoms with van der Waals surface area (Å²) in [7, 11) is 1.65. The second kappa shape index (κ2) is 11.7. The number of hydroxylamine groups is 2. The Morgan fingerprint density at radius 3 is 2.56 bits per heavy atom. The predicted molar refractivity (Wildman–Crippen MR) is 172 cm³/mol. The van der Waals surface area contributed by atoms with Gasteiger partial charge in [0.2, 0.25) is 5.91 Å². The van der Waals surface area contributed by atoms with Gasteiger partial charge in [0.15, 0.2) is 5.69 Å². The van der Waals surface area contributed by atoms with E-state index in [2.05, 4.69) is 16.0 Å². The zero-order chi connectivity index (χ0) is 31.1. The van der Waals surface area contributed by atoms with E-state index in [-0.39, 0.29) is 18.0 Å². The minimum Gasteiger partial charge on any atom is -0.627 e. The molecular weight excluding hydrogens is 542 g/mol. The van der Waals surface area contributed by atoms with E-state index in [0.29, 0.717) is 54.9 Å². The number of anilines is 1. The molecule has 228 valence electrons. The van der Waals surface area contributed by atoms with Crippen molar-refractivity contribution in [3.8, 4) is 0 Å². The molecule has 0 saturated carbocycles. The first-order chi connectivity index (χ1) is 20.3. The van der Waals surface area contributed by atoms with Crippen LogP contribution in [0.25, 0.3) is 11.0 Å². The molecule has 43 heavy (non-hydrogen) atoms. The van der Waals surface area contributed by atoms with Crippen LogP contribution in [0.3, 0.4) is 0 Å². The maximum atomic E-state index is 13.9. The fraction of sp³-hybridized carbons (Fsp3) is 0.441. The Kier molecular flexibility index (Phi) is 8.35. The molecule has 1 atom stereocenters. The highest BCUT2D eigenvalue weighted by Gasteiger charge is 2.43. The number of carbonyl (C=O) groups excluding carboxylic acids is 1. The first kappa shape index (κ1) is 30.7. The van der Waals surface area contributed by atoms with Crippen molar-refractivity contribution in [1.82, 2.24) is 19.1 Å². The summed E-state index contributed by atoms with van der Waals surface area (Å²) < 4.78 is 6.78. The molecule has 0 spiro atoms. The first-order valence-electron chi connectivity index (χ1n) is 15.1. The zero-order valence-electron chi connectivity index (χ0n) is 26.4. The number of carbonyl (C=O) groups is 1. The van der Waals surface area contributed by atoms with Crippen LogP contribution in [0.15, 0.2) is 57.9 Å². The van der Waals surface area contributed by atoms with Gasteiger partial charge in [-0.1, -0.05) is 12.1 Å². The fourth-order valence-corrected chi connectivity index (χ4v) is 6.34. The summed E-state index contributed by atoms with van der Waals surface area (Å²) in [6.07, 6.45) is 2.51. The van der Waals surface area contributed by atoms with Crippen LogP contribution in [0, 0.1) is 31.4 Å². The molecule has 0 fully saturated rings. The van der Waals surface area contributed by atoms with Crippen LogP contribution < -0.4 is 15.1 Å². The molecule has 0 N–H and O–H groups in total. The number of hydrogen-bond donors (Lipinski definition) is 0. The molecule has 1 amide bonds. The summed E-state index contributed by atoms with van der Waals surface area (Å²) in [6.45, 7) is 14.8. The van der Waals surface area contributed by atoms with E-state index in [1.807, 2.05) is 71.9 Å². The van der Waals surface area contributed by atoms with E-state index >= 15 is 0 Å². The molecular formula is C34H43N5O4. The summed E-state index contributed by atoms with van der Waals surface area (Å²) in [5, 5.41) is 14.5. The molecule has 1 aliphatic heterocycles. The zero-order valence-corrected chi connectivity index (χ0v) is 26.4.